The Morgan fingerprint density at radius 1 is 0.909 bits per heavy atom. The quantitative estimate of drug-likeness (QED) is 0.294. The van der Waals surface area contributed by atoms with Gasteiger partial charge in [-0.25, -0.2) is 9.37 Å². The first kappa shape index (κ1) is 20.8. The first-order chi connectivity index (χ1) is 16.2. The van der Waals surface area contributed by atoms with Gasteiger partial charge in [0, 0.05) is 18.0 Å². The Kier molecular flexibility index (Phi) is 5.78. The predicted molar refractivity (Wildman–Crippen MR) is 127 cm³/mol. The molecule has 162 valence electrons. The van der Waals surface area contributed by atoms with Gasteiger partial charge in [-0.2, -0.15) is 0 Å². The molecule has 0 N–H and O–H groups in total. The predicted octanol–water partition coefficient (Wildman–Crippen LogP) is 6.47. The van der Waals surface area contributed by atoms with Gasteiger partial charge in [0.2, 0.25) is 0 Å². The van der Waals surface area contributed by atoms with Crippen LogP contribution in [-0.4, -0.2) is 15.9 Å². The second kappa shape index (κ2) is 9.18. The van der Waals surface area contributed by atoms with E-state index in [1.807, 2.05) is 42.5 Å². The Morgan fingerprint density at radius 3 is 2.42 bits per heavy atom. The summed E-state index contributed by atoms with van der Waals surface area (Å²) in [6, 6.07) is 24.8. The molecule has 0 atom stereocenters. The monoisotopic (exact) mass is 455 g/mol. The average molecular weight is 456 g/mol. The van der Waals surface area contributed by atoms with Gasteiger partial charge < -0.3 is 4.74 Å². The van der Waals surface area contributed by atoms with Crippen LogP contribution in [0.2, 0.25) is 0 Å². The smallest absolute Gasteiger partial charge is 0.260 e. The van der Waals surface area contributed by atoms with Crippen LogP contribution in [-0.2, 0) is 6.54 Å². The van der Waals surface area contributed by atoms with Crippen LogP contribution in [0.5, 0.6) is 11.5 Å². The van der Waals surface area contributed by atoms with Crippen molar-refractivity contribution in [3.05, 3.63) is 114 Å². The number of hydrogen-bond acceptors (Lipinski definition) is 5. The number of thiazole rings is 1. The number of amides is 1. The normalized spacial score (nSPS) is 10.8. The number of ether oxygens (including phenoxy) is 1. The van der Waals surface area contributed by atoms with Crippen molar-refractivity contribution in [1.29, 1.82) is 0 Å². The second-order valence-corrected chi connectivity index (χ2v) is 8.28. The van der Waals surface area contributed by atoms with Gasteiger partial charge in [0.15, 0.2) is 5.13 Å². The van der Waals surface area contributed by atoms with Crippen LogP contribution in [0, 0.1) is 5.82 Å². The maximum absolute atomic E-state index is 14.3. The lowest BCUT2D eigenvalue weighted by Gasteiger charge is -2.20. The van der Waals surface area contributed by atoms with E-state index in [0.29, 0.717) is 26.9 Å². The van der Waals surface area contributed by atoms with Gasteiger partial charge in [-0.15, -0.1) is 0 Å². The largest absolute Gasteiger partial charge is 0.457 e. The molecule has 0 aliphatic rings. The molecule has 0 aliphatic heterocycles. The van der Waals surface area contributed by atoms with E-state index in [1.165, 1.54) is 17.4 Å². The van der Waals surface area contributed by atoms with Crippen LogP contribution >= 0.6 is 11.3 Å². The second-order valence-electron chi connectivity index (χ2n) is 7.28. The highest BCUT2D eigenvalue weighted by Crippen LogP contribution is 2.32. The number of carbonyl (C=O) groups excluding carboxylic acids is 1. The first-order valence-electron chi connectivity index (χ1n) is 10.3. The molecule has 0 aliphatic carbocycles. The molecule has 5 nitrogen and oxygen atoms in total. The van der Waals surface area contributed by atoms with Gasteiger partial charge in [0.1, 0.15) is 22.8 Å². The van der Waals surface area contributed by atoms with E-state index < -0.39 is 5.82 Å². The van der Waals surface area contributed by atoms with E-state index in [-0.39, 0.29) is 18.0 Å². The Morgan fingerprint density at radius 2 is 1.70 bits per heavy atom. The number of para-hydroxylation sites is 2. The summed E-state index contributed by atoms with van der Waals surface area (Å²) in [5, 5.41) is 0.425. The number of rotatable bonds is 6. The molecule has 2 aromatic heterocycles. The lowest BCUT2D eigenvalue weighted by atomic mass is 10.1. The van der Waals surface area contributed by atoms with Crippen molar-refractivity contribution in [3.63, 3.8) is 0 Å². The lowest BCUT2D eigenvalue weighted by Crippen LogP contribution is -2.30. The third kappa shape index (κ3) is 4.58. The van der Waals surface area contributed by atoms with Crippen LogP contribution in [0.15, 0.2) is 97.3 Å². The number of aromatic nitrogens is 2. The van der Waals surface area contributed by atoms with Gasteiger partial charge in [-0.3, -0.25) is 14.7 Å². The number of fused-ring (bicyclic) bond motifs is 1. The summed E-state index contributed by atoms with van der Waals surface area (Å²) in [7, 11) is 0. The molecule has 5 aromatic rings. The molecule has 2 heterocycles. The van der Waals surface area contributed by atoms with Gasteiger partial charge in [-0.05, 0) is 60.2 Å². The van der Waals surface area contributed by atoms with Crippen LogP contribution in [0.3, 0.4) is 0 Å². The molecule has 0 radical (unpaired) electrons. The van der Waals surface area contributed by atoms with Crippen molar-refractivity contribution < 1.29 is 13.9 Å². The zero-order valence-corrected chi connectivity index (χ0v) is 18.2. The molecule has 3 aromatic carbocycles. The Labute approximate surface area is 193 Å². The molecule has 0 saturated carbocycles. The zero-order chi connectivity index (χ0) is 22.6. The number of hydrogen-bond donors (Lipinski definition) is 0. The molecule has 0 unspecified atom stereocenters. The fraction of sp³-hybridized carbons (Fsp3) is 0.0385. The summed E-state index contributed by atoms with van der Waals surface area (Å²) in [5.41, 5.74) is 1.57. The molecular formula is C26H18FN3O2S. The molecule has 0 fully saturated rings. The van der Waals surface area contributed by atoms with Crippen LogP contribution in [0.1, 0.15) is 15.9 Å². The van der Waals surface area contributed by atoms with Crippen molar-refractivity contribution in [3.8, 4) is 11.5 Å². The Bertz CT molecular complexity index is 1390. The Hall–Kier alpha value is -4.10. The van der Waals surface area contributed by atoms with E-state index in [0.717, 1.165) is 5.56 Å². The molecule has 0 spiro atoms. The number of pyridine rings is 1. The van der Waals surface area contributed by atoms with E-state index in [1.54, 1.807) is 53.7 Å². The molecular weight excluding hydrogens is 437 g/mol. The minimum atomic E-state index is -0.411. The summed E-state index contributed by atoms with van der Waals surface area (Å²) in [4.78, 5) is 23.6. The summed E-state index contributed by atoms with van der Waals surface area (Å²) >= 11 is 1.28. The summed E-state index contributed by atoms with van der Waals surface area (Å²) in [5.74, 6) is 0.681. The van der Waals surface area contributed by atoms with E-state index in [9.17, 15) is 9.18 Å². The van der Waals surface area contributed by atoms with Gasteiger partial charge >= 0.3 is 0 Å². The third-order valence-electron chi connectivity index (χ3n) is 4.98. The SMILES string of the molecule is O=C(c1ccc(Oc2ccccc2)cc1)N(Cc1cccnc1)c1nc2c(F)cccc2s1. The minimum Gasteiger partial charge on any atom is -0.457 e. The van der Waals surface area contributed by atoms with Gasteiger partial charge in [-0.1, -0.05) is 41.7 Å². The van der Waals surface area contributed by atoms with Gasteiger partial charge in [0.25, 0.3) is 5.91 Å². The molecule has 1 amide bonds. The fourth-order valence-corrected chi connectivity index (χ4v) is 4.34. The van der Waals surface area contributed by atoms with Gasteiger partial charge in [0.05, 0.1) is 11.2 Å². The highest BCUT2D eigenvalue weighted by molar-refractivity contribution is 7.22. The van der Waals surface area contributed by atoms with Crippen LogP contribution < -0.4 is 9.64 Å². The maximum Gasteiger partial charge on any atom is 0.260 e. The molecule has 5 rings (SSSR count). The first-order valence-corrected chi connectivity index (χ1v) is 11.1. The van der Waals surface area contributed by atoms with E-state index in [4.69, 9.17) is 4.74 Å². The highest BCUT2D eigenvalue weighted by Gasteiger charge is 2.23. The number of halogens is 1. The van der Waals surface area contributed by atoms with E-state index >= 15 is 0 Å². The van der Waals surface area contributed by atoms with Crippen molar-refractivity contribution in [2.45, 2.75) is 6.54 Å². The van der Waals surface area contributed by atoms with E-state index in [2.05, 4.69) is 9.97 Å². The summed E-state index contributed by atoms with van der Waals surface area (Å²) in [6.07, 6.45) is 3.37. The molecule has 33 heavy (non-hydrogen) atoms. The van der Waals surface area contributed by atoms with Crippen molar-refractivity contribution in [2.75, 3.05) is 4.90 Å². The highest BCUT2D eigenvalue weighted by atomic mass is 32.1. The van der Waals surface area contributed by atoms with Crippen molar-refractivity contribution in [2.24, 2.45) is 0 Å². The summed E-state index contributed by atoms with van der Waals surface area (Å²) in [6.45, 7) is 0.260. The fourth-order valence-electron chi connectivity index (χ4n) is 3.37. The Balaban J connectivity index is 1.46. The number of anilines is 1. The number of nitrogens with zero attached hydrogens (tertiary/aromatic N) is 3. The molecule has 0 saturated heterocycles. The van der Waals surface area contributed by atoms with Crippen molar-refractivity contribution >= 4 is 32.6 Å². The molecule has 7 heteroatoms. The minimum absolute atomic E-state index is 0.246. The number of carbonyl (C=O) groups is 1. The third-order valence-corrected chi connectivity index (χ3v) is 6.02. The lowest BCUT2D eigenvalue weighted by molar-refractivity contribution is 0.0985. The molecule has 0 bridgehead atoms. The van der Waals surface area contributed by atoms with Crippen molar-refractivity contribution in [1.82, 2.24) is 9.97 Å². The summed E-state index contributed by atoms with van der Waals surface area (Å²) < 4.78 is 20.8. The van der Waals surface area contributed by atoms with Crippen LogP contribution in [0.4, 0.5) is 9.52 Å². The number of benzene rings is 3. The maximum atomic E-state index is 14.3. The van der Waals surface area contributed by atoms with Crippen LogP contribution in [0.25, 0.3) is 10.2 Å². The standard InChI is InChI=1S/C26H18FN3O2S/c27-22-9-4-10-23-24(22)29-26(33-23)30(17-18-6-5-15-28-16-18)25(31)19-11-13-21(14-12-19)32-20-7-2-1-3-8-20/h1-16H,17H2. The topological polar surface area (TPSA) is 55.3 Å². The zero-order valence-electron chi connectivity index (χ0n) is 17.4. The average Bonchev–Trinajstić information content (AvgIpc) is 3.29.